The molecule has 1 unspecified atom stereocenters. The highest BCUT2D eigenvalue weighted by atomic mass is 79.9. The molecule has 1 aromatic carbocycles. The van der Waals surface area contributed by atoms with Crippen molar-refractivity contribution < 1.29 is 4.74 Å². The maximum absolute atomic E-state index is 5.29. The summed E-state index contributed by atoms with van der Waals surface area (Å²) >= 11 is 3.55. The third-order valence-corrected chi connectivity index (χ3v) is 3.93. The van der Waals surface area contributed by atoms with Gasteiger partial charge in [-0.2, -0.15) is 0 Å². The first-order valence-corrected chi connectivity index (χ1v) is 7.44. The number of hydrogen-bond acceptors (Lipinski definition) is 3. The van der Waals surface area contributed by atoms with Crippen molar-refractivity contribution in [1.82, 2.24) is 10.3 Å². The standard InChI is InChI=1S/C16H19BrN2O/c1-4-19-16(13-10-18-8-7-11(13)2)12-5-6-15(20-3)14(17)9-12/h5-10,16,19H,4H2,1-3H3. The molecule has 0 spiro atoms. The van der Waals surface area contributed by atoms with E-state index < -0.39 is 0 Å². The molecule has 1 N–H and O–H groups in total. The number of nitrogens with zero attached hydrogens (tertiary/aromatic N) is 1. The minimum atomic E-state index is 0.135. The van der Waals surface area contributed by atoms with Gasteiger partial charge in [0.05, 0.1) is 17.6 Å². The van der Waals surface area contributed by atoms with Gasteiger partial charge in [0.1, 0.15) is 5.75 Å². The summed E-state index contributed by atoms with van der Waals surface area (Å²) in [5, 5.41) is 3.52. The molecular formula is C16H19BrN2O. The molecule has 0 bridgehead atoms. The Bertz CT molecular complexity index is 586. The van der Waals surface area contributed by atoms with Crippen LogP contribution in [0.1, 0.15) is 29.7 Å². The molecule has 0 saturated heterocycles. The van der Waals surface area contributed by atoms with Crippen LogP contribution in [-0.2, 0) is 0 Å². The maximum Gasteiger partial charge on any atom is 0.133 e. The molecule has 4 heteroatoms. The van der Waals surface area contributed by atoms with Gasteiger partial charge in [0.2, 0.25) is 0 Å². The van der Waals surface area contributed by atoms with Crippen LogP contribution in [0.15, 0.2) is 41.1 Å². The molecule has 0 fully saturated rings. The smallest absolute Gasteiger partial charge is 0.133 e. The molecule has 0 radical (unpaired) electrons. The highest BCUT2D eigenvalue weighted by Gasteiger charge is 2.16. The van der Waals surface area contributed by atoms with Gasteiger partial charge in [0, 0.05) is 12.4 Å². The van der Waals surface area contributed by atoms with Gasteiger partial charge in [-0.3, -0.25) is 4.98 Å². The van der Waals surface area contributed by atoms with Crippen LogP contribution in [-0.4, -0.2) is 18.6 Å². The molecule has 1 aromatic heterocycles. The second-order valence-corrected chi connectivity index (χ2v) is 5.47. The maximum atomic E-state index is 5.29. The van der Waals surface area contributed by atoms with Gasteiger partial charge in [0.25, 0.3) is 0 Å². The van der Waals surface area contributed by atoms with Crippen molar-refractivity contribution >= 4 is 15.9 Å². The Morgan fingerprint density at radius 2 is 2.15 bits per heavy atom. The van der Waals surface area contributed by atoms with E-state index in [2.05, 4.69) is 52.2 Å². The lowest BCUT2D eigenvalue weighted by atomic mass is 9.96. The van der Waals surface area contributed by atoms with E-state index >= 15 is 0 Å². The first-order valence-electron chi connectivity index (χ1n) is 6.64. The molecule has 0 aliphatic heterocycles. The zero-order valence-corrected chi connectivity index (χ0v) is 13.6. The van der Waals surface area contributed by atoms with Gasteiger partial charge in [-0.1, -0.05) is 13.0 Å². The first kappa shape index (κ1) is 15.0. The van der Waals surface area contributed by atoms with Crippen LogP contribution in [0.2, 0.25) is 0 Å². The summed E-state index contributed by atoms with van der Waals surface area (Å²) in [7, 11) is 1.67. The Balaban J connectivity index is 2.43. The quantitative estimate of drug-likeness (QED) is 0.901. The van der Waals surface area contributed by atoms with Gasteiger partial charge in [-0.15, -0.1) is 0 Å². The number of nitrogens with one attached hydrogen (secondary N) is 1. The largest absolute Gasteiger partial charge is 0.496 e. The SMILES string of the molecule is CCNC(c1ccc(OC)c(Br)c1)c1cnccc1C. The van der Waals surface area contributed by atoms with E-state index in [4.69, 9.17) is 4.74 Å². The van der Waals surface area contributed by atoms with Gasteiger partial charge in [-0.25, -0.2) is 0 Å². The predicted molar refractivity (Wildman–Crippen MR) is 85.2 cm³/mol. The summed E-state index contributed by atoms with van der Waals surface area (Å²) in [4.78, 5) is 4.25. The lowest BCUT2D eigenvalue weighted by Gasteiger charge is -2.21. The average Bonchev–Trinajstić information content (AvgIpc) is 2.46. The Morgan fingerprint density at radius 3 is 2.75 bits per heavy atom. The molecular weight excluding hydrogens is 316 g/mol. The molecule has 20 heavy (non-hydrogen) atoms. The summed E-state index contributed by atoms with van der Waals surface area (Å²) in [5.41, 5.74) is 3.62. The number of pyridine rings is 1. The molecule has 0 saturated carbocycles. The van der Waals surface area contributed by atoms with Crippen LogP contribution in [0.25, 0.3) is 0 Å². The number of ether oxygens (including phenoxy) is 1. The van der Waals surface area contributed by atoms with Crippen LogP contribution in [0.5, 0.6) is 5.75 Å². The summed E-state index contributed by atoms with van der Waals surface area (Å²) < 4.78 is 6.25. The van der Waals surface area contributed by atoms with Crippen molar-refractivity contribution in [2.75, 3.05) is 13.7 Å². The minimum Gasteiger partial charge on any atom is -0.496 e. The Kier molecular flexibility index (Phi) is 5.15. The van der Waals surface area contributed by atoms with E-state index in [0.717, 1.165) is 16.8 Å². The monoisotopic (exact) mass is 334 g/mol. The fourth-order valence-electron chi connectivity index (χ4n) is 2.25. The number of hydrogen-bond donors (Lipinski definition) is 1. The number of aromatic nitrogens is 1. The number of benzene rings is 1. The summed E-state index contributed by atoms with van der Waals surface area (Å²) in [5.74, 6) is 0.840. The van der Waals surface area contributed by atoms with E-state index in [-0.39, 0.29) is 6.04 Å². The predicted octanol–water partition coefficient (Wildman–Crippen LogP) is 3.86. The third-order valence-electron chi connectivity index (χ3n) is 3.31. The van der Waals surface area contributed by atoms with Crippen molar-refractivity contribution in [1.29, 1.82) is 0 Å². The van der Waals surface area contributed by atoms with Crippen molar-refractivity contribution in [2.24, 2.45) is 0 Å². The van der Waals surface area contributed by atoms with Crippen molar-refractivity contribution in [3.63, 3.8) is 0 Å². The molecule has 2 rings (SSSR count). The van der Waals surface area contributed by atoms with Crippen LogP contribution >= 0.6 is 15.9 Å². The summed E-state index contributed by atoms with van der Waals surface area (Å²) in [6.07, 6.45) is 3.76. The van der Waals surface area contributed by atoms with Gasteiger partial charge < -0.3 is 10.1 Å². The van der Waals surface area contributed by atoms with E-state index in [1.165, 1.54) is 16.7 Å². The second kappa shape index (κ2) is 6.86. The summed E-state index contributed by atoms with van der Waals surface area (Å²) in [6.45, 7) is 5.11. The fraction of sp³-hybridized carbons (Fsp3) is 0.312. The zero-order chi connectivity index (χ0) is 14.5. The lowest BCUT2D eigenvalue weighted by molar-refractivity contribution is 0.411. The van der Waals surface area contributed by atoms with Gasteiger partial charge in [-0.05, 0) is 64.3 Å². The molecule has 106 valence electrons. The zero-order valence-electron chi connectivity index (χ0n) is 12.0. The number of methoxy groups -OCH3 is 1. The molecule has 1 heterocycles. The molecule has 0 aliphatic rings. The van der Waals surface area contributed by atoms with Crippen LogP contribution in [0.4, 0.5) is 0 Å². The Morgan fingerprint density at radius 1 is 1.35 bits per heavy atom. The number of rotatable bonds is 5. The second-order valence-electron chi connectivity index (χ2n) is 4.62. The van der Waals surface area contributed by atoms with E-state index in [1.807, 2.05) is 24.5 Å². The molecule has 0 amide bonds. The van der Waals surface area contributed by atoms with E-state index in [1.54, 1.807) is 7.11 Å². The minimum absolute atomic E-state index is 0.135. The normalized spacial score (nSPS) is 12.2. The van der Waals surface area contributed by atoms with E-state index in [9.17, 15) is 0 Å². The van der Waals surface area contributed by atoms with Crippen molar-refractivity contribution in [3.8, 4) is 5.75 Å². The molecule has 1 atom stereocenters. The topological polar surface area (TPSA) is 34.1 Å². The van der Waals surface area contributed by atoms with Gasteiger partial charge in [0.15, 0.2) is 0 Å². The molecule has 3 nitrogen and oxygen atoms in total. The Hall–Kier alpha value is -1.39. The third kappa shape index (κ3) is 3.19. The lowest BCUT2D eigenvalue weighted by Crippen LogP contribution is -2.23. The highest BCUT2D eigenvalue weighted by molar-refractivity contribution is 9.10. The fourth-order valence-corrected chi connectivity index (χ4v) is 2.81. The average molecular weight is 335 g/mol. The molecule has 2 aromatic rings. The Labute approximate surface area is 128 Å². The van der Waals surface area contributed by atoms with Crippen molar-refractivity contribution in [3.05, 3.63) is 57.8 Å². The summed E-state index contributed by atoms with van der Waals surface area (Å²) in [6, 6.07) is 8.34. The number of aryl methyl sites for hydroxylation is 1. The van der Waals surface area contributed by atoms with Crippen molar-refractivity contribution in [2.45, 2.75) is 19.9 Å². The van der Waals surface area contributed by atoms with Crippen LogP contribution in [0, 0.1) is 6.92 Å². The number of halogens is 1. The van der Waals surface area contributed by atoms with Crippen LogP contribution < -0.4 is 10.1 Å². The molecule has 0 aliphatic carbocycles. The van der Waals surface area contributed by atoms with Gasteiger partial charge >= 0.3 is 0 Å². The first-order chi connectivity index (χ1) is 9.67. The van der Waals surface area contributed by atoms with E-state index in [0.29, 0.717) is 0 Å². The highest BCUT2D eigenvalue weighted by Crippen LogP contribution is 2.31. The van der Waals surface area contributed by atoms with Crippen LogP contribution in [0.3, 0.4) is 0 Å².